The molecule has 0 fully saturated rings. The summed E-state index contributed by atoms with van der Waals surface area (Å²) in [5.41, 5.74) is 3.12. The van der Waals surface area contributed by atoms with Crippen LogP contribution in [0.4, 0.5) is 0 Å². The minimum absolute atomic E-state index is 0.124. The van der Waals surface area contributed by atoms with E-state index in [9.17, 15) is 0 Å². The third-order valence-electron chi connectivity index (χ3n) is 3.71. The highest BCUT2D eigenvalue weighted by molar-refractivity contribution is 6.31. The molecule has 0 radical (unpaired) electrons. The maximum absolute atomic E-state index is 6.43. The SMILES string of the molecule is CCCNC(Cc1c(Cl)c(C)nn1CC)c1occc1C. The molecule has 4 nitrogen and oxygen atoms in total. The van der Waals surface area contributed by atoms with E-state index in [0.29, 0.717) is 0 Å². The van der Waals surface area contributed by atoms with Gasteiger partial charge in [-0.1, -0.05) is 18.5 Å². The van der Waals surface area contributed by atoms with E-state index >= 15 is 0 Å². The molecule has 1 atom stereocenters. The molecule has 21 heavy (non-hydrogen) atoms. The number of furan rings is 1. The first kappa shape index (κ1) is 16.1. The molecule has 2 aromatic heterocycles. The molecule has 0 aromatic carbocycles. The summed E-state index contributed by atoms with van der Waals surface area (Å²) in [7, 11) is 0. The molecule has 0 spiro atoms. The summed E-state index contributed by atoms with van der Waals surface area (Å²) in [5.74, 6) is 0.987. The summed E-state index contributed by atoms with van der Waals surface area (Å²) in [4.78, 5) is 0. The van der Waals surface area contributed by atoms with Crippen LogP contribution in [0, 0.1) is 13.8 Å². The predicted molar refractivity (Wildman–Crippen MR) is 85.8 cm³/mol. The number of halogens is 1. The highest BCUT2D eigenvalue weighted by Gasteiger charge is 2.22. The molecule has 5 heteroatoms. The van der Waals surface area contributed by atoms with Crippen LogP contribution in [0.2, 0.25) is 5.02 Å². The Kier molecular flexibility index (Phi) is 5.48. The predicted octanol–water partition coefficient (Wildman–Crippen LogP) is 4.05. The van der Waals surface area contributed by atoms with Crippen LogP contribution in [0.5, 0.6) is 0 Å². The Morgan fingerprint density at radius 1 is 1.38 bits per heavy atom. The van der Waals surface area contributed by atoms with Gasteiger partial charge in [-0.05, 0) is 45.4 Å². The van der Waals surface area contributed by atoms with Crippen molar-refractivity contribution >= 4 is 11.6 Å². The van der Waals surface area contributed by atoms with Gasteiger partial charge < -0.3 is 9.73 Å². The van der Waals surface area contributed by atoms with Gasteiger partial charge in [0.15, 0.2) is 0 Å². The number of rotatable bonds is 7. The van der Waals surface area contributed by atoms with E-state index in [4.69, 9.17) is 16.0 Å². The molecule has 0 saturated carbocycles. The van der Waals surface area contributed by atoms with Gasteiger partial charge in [-0.2, -0.15) is 5.10 Å². The highest BCUT2D eigenvalue weighted by Crippen LogP contribution is 2.28. The Balaban J connectivity index is 2.29. The number of nitrogens with one attached hydrogen (secondary N) is 1. The molecular formula is C16H24ClN3O. The number of nitrogens with zero attached hydrogens (tertiary/aromatic N) is 2. The fraction of sp³-hybridized carbons (Fsp3) is 0.562. The van der Waals surface area contributed by atoms with E-state index in [0.717, 1.165) is 48.1 Å². The Morgan fingerprint density at radius 2 is 2.14 bits per heavy atom. The fourth-order valence-electron chi connectivity index (χ4n) is 2.57. The van der Waals surface area contributed by atoms with Gasteiger partial charge >= 0.3 is 0 Å². The van der Waals surface area contributed by atoms with Crippen LogP contribution in [-0.4, -0.2) is 16.3 Å². The van der Waals surface area contributed by atoms with Gasteiger partial charge in [0.2, 0.25) is 0 Å². The van der Waals surface area contributed by atoms with E-state index in [2.05, 4.69) is 31.2 Å². The van der Waals surface area contributed by atoms with Crippen molar-refractivity contribution in [3.8, 4) is 0 Å². The summed E-state index contributed by atoms with van der Waals surface area (Å²) in [5, 5.41) is 8.82. The lowest BCUT2D eigenvalue weighted by molar-refractivity contribution is 0.400. The molecular weight excluding hydrogens is 286 g/mol. The number of aryl methyl sites for hydroxylation is 3. The lowest BCUT2D eigenvalue weighted by Crippen LogP contribution is -2.25. The maximum Gasteiger partial charge on any atom is 0.123 e. The van der Waals surface area contributed by atoms with Crippen LogP contribution in [0.25, 0.3) is 0 Å². The number of hydrogen-bond acceptors (Lipinski definition) is 3. The van der Waals surface area contributed by atoms with Crippen molar-refractivity contribution in [3.63, 3.8) is 0 Å². The summed E-state index contributed by atoms with van der Waals surface area (Å²) >= 11 is 6.43. The summed E-state index contributed by atoms with van der Waals surface area (Å²) < 4.78 is 7.66. The molecule has 0 aliphatic rings. The average molecular weight is 310 g/mol. The normalized spacial score (nSPS) is 12.8. The minimum atomic E-state index is 0.124. The van der Waals surface area contributed by atoms with E-state index in [1.165, 1.54) is 5.56 Å². The molecule has 0 saturated heterocycles. The van der Waals surface area contributed by atoms with Crippen molar-refractivity contribution in [1.29, 1.82) is 0 Å². The quantitative estimate of drug-likeness (QED) is 0.839. The third-order valence-corrected chi connectivity index (χ3v) is 4.20. The van der Waals surface area contributed by atoms with Crippen molar-refractivity contribution in [2.45, 2.75) is 53.1 Å². The molecule has 2 rings (SSSR count). The zero-order valence-corrected chi connectivity index (χ0v) is 14.0. The molecule has 0 bridgehead atoms. The van der Waals surface area contributed by atoms with Crippen LogP contribution in [0.1, 0.15) is 49.0 Å². The average Bonchev–Trinajstić information content (AvgIpc) is 3.01. The Labute approximate surface area is 131 Å². The van der Waals surface area contributed by atoms with Crippen molar-refractivity contribution < 1.29 is 4.42 Å². The molecule has 2 aromatic rings. The Morgan fingerprint density at radius 3 is 2.71 bits per heavy atom. The molecule has 116 valence electrons. The van der Waals surface area contributed by atoms with Crippen molar-refractivity contribution in [2.75, 3.05) is 6.54 Å². The fourth-order valence-corrected chi connectivity index (χ4v) is 2.79. The van der Waals surface area contributed by atoms with Gasteiger partial charge in [0.05, 0.1) is 28.7 Å². The Bertz CT molecular complexity index is 588. The minimum Gasteiger partial charge on any atom is -0.467 e. The lowest BCUT2D eigenvalue weighted by Gasteiger charge is -2.18. The first-order valence-electron chi connectivity index (χ1n) is 7.57. The van der Waals surface area contributed by atoms with Crippen LogP contribution in [-0.2, 0) is 13.0 Å². The van der Waals surface area contributed by atoms with Crippen LogP contribution in [0.3, 0.4) is 0 Å². The van der Waals surface area contributed by atoms with E-state index < -0.39 is 0 Å². The van der Waals surface area contributed by atoms with Gasteiger partial charge in [-0.15, -0.1) is 0 Å². The highest BCUT2D eigenvalue weighted by atomic mass is 35.5. The Hall–Kier alpha value is -1.26. The van der Waals surface area contributed by atoms with Crippen LogP contribution >= 0.6 is 11.6 Å². The van der Waals surface area contributed by atoms with Gasteiger partial charge in [-0.3, -0.25) is 4.68 Å². The zero-order valence-electron chi connectivity index (χ0n) is 13.2. The van der Waals surface area contributed by atoms with Crippen molar-refractivity contribution in [2.24, 2.45) is 0 Å². The largest absolute Gasteiger partial charge is 0.467 e. The standard InChI is InChI=1S/C16H24ClN3O/c1-5-8-18-13(16-11(3)7-9-21-16)10-14-15(17)12(4)19-20(14)6-2/h7,9,13,18H,5-6,8,10H2,1-4H3. The molecule has 0 amide bonds. The van der Waals surface area contributed by atoms with Crippen LogP contribution in [0.15, 0.2) is 16.7 Å². The van der Waals surface area contributed by atoms with Crippen molar-refractivity contribution in [3.05, 3.63) is 40.1 Å². The van der Waals surface area contributed by atoms with E-state index in [1.54, 1.807) is 6.26 Å². The zero-order chi connectivity index (χ0) is 15.4. The maximum atomic E-state index is 6.43. The summed E-state index contributed by atoms with van der Waals surface area (Å²) in [6.07, 6.45) is 3.60. The molecule has 0 aliphatic carbocycles. The molecule has 2 heterocycles. The van der Waals surface area contributed by atoms with Crippen molar-refractivity contribution in [1.82, 2.24) is 15.1 Å². The summed E-state index contributed by atoms with van der Waals surface area (Å²) in [6.45, 7) is 10.0. The van der Waals surface area contributed by atoms with Gasteiger partial charge in [0.1, 0.15) is 5.76 Å². The van der Waals surface area contributed by atoms with Gasteiger partial charge in [0, 0.05) is 13.0 Å². The molecule has 1 N–H and O–H groups in total. The summed E-state index contributed by atoms with van der Waals surface area (Å²) in [6, 6.07) is 2.12. The monoisotopic (exact) mass is 309 g/mol. The van der Waals surface area contributed by atoms with Gasteiger partial charge in [-0.25, -0.2) is 0 Å². The molecule has 1 unspecified atom stereocenters. The second-order valence-corrected chi connectivity index (χ2v) is 5.72. The topological polar surface area (TPSA) is 43.0 Å². The first-order chi connectivity index (χ1) is 10.1. The number of aromatic nitrogens is 2. The van der Waals surface area contributed by atoms with E-state index in [-0.39, 0.29) is 6.04 Å². The first-order valence-corrected chi connectivity index (χ1v) is 7.95. The van der Waals surface area contributed by atoms with Crippen LogP contribution < -0.4 is 5.32 Å². The third kappa shape index (κ3) is 3.50. The van der Waals surface area contributed by atoms with Gasteiger partial charge in [0.25, 0.3) is 0 Å². The van der Waals surface area contributed by atoms with E-state index in [1.807, 2.05) is 17.7 Å². The second kappa shape index (κ2) is 7.14. The smallest absolute Gasteiger partial charge is 0.123 e. The molecule has 0 aliphatic heterocycles. The lowest BCUT2D eigenvalue weighted by atomic mass is 10.1. The second-order valence-electron chi connectivity index (χ2n) is 5.34. The number of hydrogen-bond donors (Lipinski definition) is 1.